The predicted molar refractivity (Wildman–Crippen MR) is 274 cm³/mol. The topological polar surface area (TPSA) is 24.3 Å². The first-order valence-electron chi connectivity index (χ1n) is 30.7. The van der Waals surface area contributed by atoms with Gasteiger partial charge in [0.1, 0.15) is 12.5 Å². The summed E-state index contributed by atoms with van der Waals surface area (Å²) in [4.78, 5) is 8.48. The van der Waals surface area contributed by atoms with Crippen LogP contribution in [0, 0.1) is 0 Å². The second-order valence-corrected chi connectivity index (χ2v) is 17.5. The Morgan fingerprint density at radius 2 is 1.08 bits per heavy atom. The second kappa shape index (κ2) is 15.8. The monoisotopic (exact) mass is 860 g/mol. The van der Waals surface area contributed by atoms with Crippen LogP contribution >= 0.6 is 0 Å². The first-order valence-corrected chi connectivity index (χ1v) is 21.2. The van der Waals surface area contributed by atoms with Gasteiger partial charge in [0.2, 0.25) is 0 Å². The second-order valence-electron chi connectivity index (χ2n) is 17.5. The molecule has 2 aromatic heterocycles. The van der Waals surface area contributed by atoms with Gasteiger partial charge in [-0.15, -0.1) is 0 Å². The number of benzene rings is 8. The van der Waals surface area contributed by atoms with Crippen molar-refractivity contribution in [1.29, 1.82) is 0 Å². The Labute approximate surface area is 409 Å². The number of fused-ring (bicyclic) bond motifs is 4. The molecule has 0 unspecified atom stereocenters. The molecule has 0 amide bonds. The molecule has 0 saturated carbocycles. The normalized spacial score (nSPS) is 17.0. The smallest absolute Gasteiger partial charge is 0.137 e. The Hall–Kier alpha value is -7.69. The molecule has 3 heterocycles. The Kier molecular flexibility index (Phi) is 5.94. The van der Waals surface area contributed by atoms with Gasteiger partial charge in [-0.1, -0.05) is 180 Å². The van der Waals surface area contributed by atoms with Gasteiger partial charge >= 0.3 is 0 Å². The fraction of sp³-hybridized carbons (Fsp3) is 0.131. The highest BCUT2D eigenvalue weighted by Gasteiger charge is 2.33. The number of rotatable bonds is 8. The molecule has 8 aromatic carbocycles. The Morgan fingerprint density at radius 3 is 1.74 bits per heavy atom. The highest BCUT2D eigenvalue weighted by atomic mass is 15.4. The van der Waals surface area contributed by atoms with Crippen molar-refractivity contribution < 1.29 is 26.0 Å². The lowest BCUT2D eigenvalue weighted by Crippen LogP contribution is -2.25. The van der Waals surface area contributed by atoms with Crippen molar-refractivity contribution >= 4 is 44.6 Å². The van der Waals surface area contributed by atoms with Crippen molar-refractivity contribution in [3.63, 3.8) is 0 Å². The third-order valence-corrected chi connectivity index (χ3v) is 12.3. The van der Waals surface area contributed by atoms with E-state index in [9.17, 15) is 6.85 Å². The highest BCUT2D eigenvalue weighted by Crippen LogP contribution is 2.52. The van der Waals surface area contributed by atoms with Gasteiger partial charge < -0.3 is 9.80 Å². The Bertz CT molecular complexity index is 4330. The largest absolute Gasteiger partial charge is 0.321 e. The molecule has 0 bridgehead atoms. The number of hydrogen-bond acceptors (Lipinski definition) is 3. The molecule has 0 fully saturated rings. The molecule has 0 atom stereocenters. The molecule has 65 heavy (non-hydrogen) atoms. The molecule has 4 heteroatoms. The average molecular weight is 860 g/mol. The summed E-state index contributed by atoms with van der Waals surface area (Å²) < 4.78 is 171. The van der Waals surface area contributed by atoms with E-state index >= 15 is 0 Å². The van der Waals surface area contributed by atoms with E-state index in [0.717, 1.165) is 16.7 Å². The van der Waals surface area contributed by atoms with Crippen molar-refractivity contribution in [3.8, 4) is 39.2 Å². The number of pyridine rings is 1. The molecule has 4 nitrogen and oxygen atoms in total. The van der Waals surface area contributed by atoms with Gasteiger partial charge in [-0.2, -0.15) is 0 Å². The zero-order chi connectivity index (χ0) is 60.8. The molecule has 0 aliphatic carbocycles. The van der Waals surface area contributed by atoms with Crippen LogP contribution in [-0.4, -0.2) is 16.2 Å². The molecule has 11 rings (SSSR count). The van der Waals surface area contributed by atoms with Gasteiger partial charge in [0.15, 0.2) is 0 Å². The van der Waals surface area contributed by atoms with E-state index in [1.54, 1.807) is 27.8 Å². The summed E-state index contributed by atoms with van der Waals surface area (Å²) in [6.45, 7) is 10.2. The minimum Gasteiger partial charge on any atom is -0.321 e. The predicted octanol–water partition coefficient (Wildman–Crippen LogP) is 16.1. The molecule has 0 radical (unpaired) electrons. The third-order valence-electron chi connectivity index (χ3n) is 12.3. The molecule has 0 saturated heterocycles. The molecular formula is C61H52N4. The van der Waals surface area contributed by atoms with E-state index in [2.05, 4.69) is 34.6 Å². The molecule has 0 N–H and O–H groups in total. The van der Waals surface area contributed by atoms with Gasteiger partial charge in [0.25, 0.3) is 0 Å². The lowest BCUT2D eigenvalue weighted by atomic mass is 9.77. The SMILES string of the molecule is [2H]c1c([2H])c([2H])c(-c2cc(-c3c([2H])c([2H])c([2H])c([2H])c3[2H])c(N3CN(c4cccc(C(C)(C)c5ccc6c7c([2H])c([2H])c([2H])c([2H])c7n(-c7cc(C(C)(C)C)ccn7)c6c5)c4)c4ccccc43)c(-c3c([2H])c([2H])c([2H])c([2H])c3[2H])c2)c([2H])c1[2H]. The highest BCUT2D eigenvalue weighted by molar-refractivity contribution is 6.09. The van der Waals surface area contributed by atoms with Gasteiger partial charge in [-0.25, -0.2) is 4.98 Å². The van der Waals surface area contributed by atoms with Crippen LogP contribution in [0.1, 0.15) is 77.4 Å². The van der Waals surface area contributed by atoms with Crippen LogP contribution in [0.2, 0.25) is 0 Å². The van der Waals surface area contributed by atoms with Crippen LogP contribution < -0.4 is 9.80 Å². The summed E-state index contributed by atoms with van der Waals surface area (Å²) in [7, 11) is 0. The molecule has 10 aromatic rings. The number of hydrogen-bond donors (Lipinski definition) is 0. The zero-order valence-corrected chi connectivity index (χ0v) is 36.2. The van der Waals surface area contributed by atoms with E-state index < -0.39 is 96.1 Å². The minimum atomic E-state index is -0.790. The Balaban J connectivity index is 1.14. The summed E-state index contributed by atoms with van der Waals surface area (Å²) in [5, 5.41) is 0.963. The molecule has 1 aliphatic heterocycles. The van der Waals surface area contributed by atoms with Crippen LogP contribution in [0.5, 0.6) is 0 Å². The van der Waals surface area contributed by atoms with Crippen LogP contribution in [0.15, 0.2) is 212 Å². The third kappa shape index (κ3) is 7.07. The van der Waals surface area contributed by atoms with Crippen LogP contribution in [0.4, 0.5) is 22.7 Å². The zero-order valence-electron chi connectivity index (χ0n) is 55.2. The number of nitrogens with zero attached hydrogens (tertiary/aromatic N) is 4. The quantitative estimate of drug-likeness (QED) is 0.152. The maximum Gasteiger partial charge on any atom is 0.137 e. The summed E-state index contributed by atoms with van der Waals surface area (Å²) >= 11 is 0. The average Bonchev–Trinajstić information content (AvgIpc) is 1.51. The lowest BCUT2D eigenvalue weighted by molar-refractivity contribution is 0.588. The van der Waals surface area contributed by atoms with Crippen molar-refractivity contribution in [2.24, 2.45) is 0 Å². The van der Waals surface area contributed by atoms with Gasteiger partial charge in [-0.05, 0) is 105 Å². The standard InChI is InChI=1S/C61H52N4/c1-60(2,3)46-34-35-62-58(40-46)65-54-29-16-15-28-50(54)51-33-32-48(39-57(51)65)61(4,5)47-26-19-27-49(38-47)63-41-64(56-31-18-17-30-55(56)63)59-52(43-22-11-7-12-23-43)36-45(42-20-9-6-10-21-42)37-53(59)44-24-13-8-14-25-44/h6-40H,41H2,1-5H3/i6D,7D,8D,9D,10D,11D,12D,13D,14D,15D,16D,20D,21D,22D,23D,24D,25D,28D,29D. The Morgan fingerprint density at radius 1 is 0.477 bits per heavy atom. The fourth-order valence-corrected chi connectivity index (χ4v) is 8.82. The molecule has 1 aliphatic rings. The summed E-state index contributed by atoms with van der Waals surface area (Å²) in [5.41, 5.74) is 2.74. The summed E-state index contributed by atoms with van der Waals surface area (Å²) in [6.07, 6.45) is 1.70. The van der Waals surface area contributed by atoms with Crippen molar-refractivity contribution in [2.75, 3.05) is 16.5 Å². The van der Waals surface area contributed by atoms with E-state index in [1.807, 2.05) is 71.6 Å². The molecule has 316 valence electrons. The summed E-state index contributed by atoms with van der Waals surface area (Å²) in [6, 6.07) is 16.0. The number of aromatic nitrogens is 2. The fourth-order valence-electron chi connectivity index (χ4n) is 8.82. The van der Waals surface area contributed by atoms with Crippen LogP contribution in [-0.2, 0) is 10.8 Å². The van der Waals surface area contributed by atoms with Crippen LogP contribution in [0.25, 0.3) is 61.0 Å². The van der Waals surface area contributed by atoms with E-state index in [-0.39, 0.29) is 80.8 Å². The van der Waals surface area contributed by atoms with E-state index in [4.69, 9.17) is 24.2 Å². The first-order chi connectivity index (χ1) is 39.5. The number of para-hydroxylation sites is 3. The summed E-state index contributed by atoms with van der Waals surface area (Å²) in [5.74, 6) is 0.481. The van der Waals surface area contributed by atoms with E-state index in [1.165, 1.54) is 12.1 Å². The molecule has 0 spiro atoms. The lowest BCUT2D eigenvalue weighted by Gasteiger charge is -2.30. The number of anilines is 4. The minimum absolute atomic E-state index is 0.0163. The maximum atomic E-state index is 9.36. The maximum absolute atomic E-state index is 9.36. The van der Waals surface area contributed by atoms with Crippen LogP contribution in [0.3, 0.4) is 0 Å². The van der Waals surface area contributed by atoms with Gasteiger partial charge in [-0.3, -0.25) is 4.57 Å². The van der Waals surface area contributed by atoms with Crippen molar-refractivity contribution in [2.45, 2.75) is 45.4 Å². The van der Waals surface area contributed by atoms with Gasteiger partial charge in [0.05, 0.1) is 54.1 Å². The van der Waals surface area contributed by atoms with Crippen molar-refractivity contribution in [1.82, 2.24) is 9.55 Å². The van der Waals surface area contributed by atoms with Crippen molar-refractivity contribution in [3.05, 3.63) is 229 Å². The van der Waals surface area contributed by atoms with E-state index in [0.29, 0.717) is 39.2 Å². The first kappa shape index (κ1) is 24.4. The van der Waals surface area contributed by atoms with Gasteiger partial charge in [0, 0.05) is 39.2 Å². The molecular weight excluding hydrogens is 789 g/mol.